The largest absolute Gasteiger partial charge is 0.633 e. The number of nitrogens with zero attached hydrogens (tertiary/aromatic N) is 2. The second-order valence-corrected chi connectivity index (χ2v) is 11.2. The van der Waals surface area contributed by atoms with Crippen LogP contribution in [0.2, 0.25) is 0 Å². The maximum Gasteiger partial charge on any atom is 0.633 e. The monoisotopic (exact) mass is 513 g/mol. The van der Waals surface area contributed by atoms with Gasteiger partial charge in [-0.05, 0) is 63.3 Å². The van der Waals surface area contributed by atoms with E-state index in [2.05, 4.69) is 9.80 Å². The van der Waals surface area contributed by atoms with Gasteiger partial charge in [0.15, 0.2) is 9.84 Å². The highest BCUT2D eigenvalue weighted by atomic mass is 32.2. The molecule has 1 aliphatic rings. The molecule has 0 bridgehead atoms. The number of nitrogens with two attached hydrogens (primary N) is 1. The molecule has 1 aromatic carbocycles. The van der Waals surface area contributed by atoms with Gasteiger partial charge in [-0.25, -0.2) is 8.42 Å². The number of ether oxygens (including phenoxy) is 1. The maximum atomic E-state index is 12.5. The van der Waals surface area contributed by atoms with Gasteiger partial charge in [0, 0.05) is 45.6 Å². The Labute approximate surface area is 209 Å². The molecule has 10 nitrogen and oxygen atoms in total. The van der Waals surface area contributed by atoms with Crippen molar-refractivity contribution in [1.82, 2.24) is 9.80 Å². The first kappa shape index (κ1) is 29.7. The highest BCUT2D eigenvalue weighted by molar-refractivity contribution is 7.90. The molecule has 0 aliphatic carbocycles. The van der Waals surface area contributed by atoms with Crippen LogP contribution in [0, 0.1) is 0 Å². The van der Waals surface area contributed by atoms with Crippen molar-refractivity contribution in [3.05, 3.63) is 29.8 Å². The van der Waals surface area contributed by atoms with Gasteiger partial charge >= 0.3 is 13.3 Å². The minimum atomic E-state index is -3.18. The average Bonchev–Trinajstić information content (AvgIpc) is 2.80. The van der Waals surface area contributed by atoms with Crippen molar-refractivity contribution in [2.45, 2.75) is 56.0 Å². The summed E-state index contributed by atoms with van der Waals surface area (Å²) in [5.41, 5.74) is 6.48. The SMILES string of the molecule is CCOC(=O)C(N)(CCCCOB(O)O)CCCN1CCN(Cc2ccc(S(C)(=O)=O)cc2)CC1. The lowest BCUT2D eigenvalue weighted by molar-refractivity contribution is -0.150. The van der Waals surface area contributed by atoms with Crippen molar-refractivity contribution in [2.24, 2.45) is 5.73 Å². The first-order valence-electron chi connectivity index (χ1n) is 12.2. The van der Waals surface area contributed by atoms with Crippen LogP contribution >= 0.6 is 0 Å². The number of hydrogen-bond acceptors (Lipinski definition) is 10. The molecule has 1 unspecified atom stereocenters. The molecule has 0 radical (unpaired) electrons. The van der Waals surface area contributed by atoms with Gasteiger partial charge in [-0.2, -0.15) is 0 Å². The number of rotatable bonds is 15. The van der Waals surface area contributed by atoms with Gasteiger partial charge in [-0.15, -0.1) is 0 Å². The van der Waals surface area contributed by atoms with E-state index in [1.165, 1.54) is 6.26 Å². The van der Waals surface area contributed by atoms with E-state index in [4.69, 9.17) is 25.2 Å². The second kappa shape index (κ2) is 14.3. The van der Waals surface area contributed by atoms with Gasteiger partial charge < -0.3 is 30.1 Å². The number of sulfone groups is 1. The Hall–Kier alpha value is -1.54. The van der Waals surface area contributed by atoms with Crippen molar-refractivity contribution < 1.29 is 32.7 Å². The molecule has 2 rings (SSSR count). The van der Waals surface area contributed by atoms with Gasteiger partial charge in [-0.3, -0.25) is 9.69 Å². The first-order valence-corrected chi connectivity index (χ1v) is 14.1. The summed E-state index contributed by atoms with van der Waals surface area (Å²) < 4.78 is 33.2. The standard InChI is InChI=1S/C23H40BN3O7S/c1-3-33-22(28)23(25,11-4-5-18-34-24(29)30)12-6-13-26-14-16-27(17-15-26)19-20-7-9-21(10-8-20)35(2,31)32/h7-10,29-30H,3-6,11-19,25H2,1-2H3. The minimum absolute atomic E-state index is 0.183. The van der Waals surface area contributed by atoms with Gasteiger partial charge in [0.05, 0.1) is 11.5 Å². The Morgan fingerprint density at radius 2 is 1.66 bits per heavy atom. The Morgan fingerprint density at radius 3 is 2.23 bits per heavy atom. The van der Waals surface area contributed by atoms with Crippen LogP contribution in [-0.4, -0.2) is 99.3 Å². The molecule has 0 amide bonds. The summed E-state index contributed by atoms with van der Waals surface area (Å²) in [6, 6.07) is 7.06. The van der Waals surface area contributed by atoms with E-state index in [0.717, 1.165) is 51.3 Å². The number of unbranched alkanes of at least 4 members (excludes halogenated alkanes) is 1. The highest BCUT2D eigenvalue weighted by Crippen LogP contribution is 2.21. The molecule has 0 saturated carbocycles. The molecule has 1 aliphatic heterocycles. The van der Waals surface area contributed by atoms with Crippen molar-refractivity contribution >= 4 is 23.1 Å². The zero-order chi connectivity index (χ0) is 25.9. The van der Waals surface area contributed by atoms with Crippen LogP contribution in [0.4, 0.5) is 0 Å². The molecule has 12 heteroatoms. The summed E-state index contributed by atoms with van der Waals surface area (Å²) in [6.45, 7) is 7.50. The lowest BCUT2D eigenvalue weighted by Gasteiger charge is -2.35. The fourth-order valence-electron chi connectivity index (χ4n) is 4.22. The Bertz CT molecular complexity index is 878. The zero-order valence-corrected chi connectivity index (χ0v) is 21.7. The number of hydrogen-bond donors (Lipinski definition) is 3. The predicted octanol–water partition coefficient (Wildman–Crippen LogP) is 0.405. The number of piperazine rings is 1. The first-order chi connectivity index (χ1) is 16.5. The fourth-order valence-corrected chi connectivity index (χ4v) is 4.86. The van der Waals surface area contributed by atoms with Crippen LogP contribution in [0.25, 0.3) is 0 Å². The molecular formula is C23H40BN3O7S. The molecule has 1 fully saturated rings. The zero-order valence-electron chi connectivity index (χ0n) is 20.9. The Balaban J connectivity index is 1.75. The third kappa shape index (κ3) is 10.5. The summed E-state index contributed by atoms with van der Waals surface area (Å²) in [6.07, 6.45) is 4.13. The molecule has 4 N–H and O–H groups in total. The van der Waals surface area contributed by atoms with Crippen molar-refractivity contribution in [3.8, 4) is 0 Å². The summed E-state index contributed by atoms with van der Waals surface area (Å²) in [5.74, 6) is -0.394. The molecule has 35 heavy (non-hydrogen) atoms. The van der Waals surface area contributed by atoms with E-state index in [1.54, 1.807) is 19.1 Å². The van der Waals surface area contributed by atoms with Gasteiger partial charge in [-0.1, -0.05) is 12.1 Å². The van der Waals surface area contributed by atoms with E-state index >= 15 is 0 Å². The van der Waals surface area contributed by atoms with Crippen LogP contribution in [0.1, 0.15) is 44.6 Å². The molecule has 198 valence electrons. The van der Waals surface area contributed by atoms with Gasteiger partial charge in [0.1, 0.15) is 5.54 Å². The maximum absolute atomic E-state index is 12.5. The van der Waals surface area contributed by atoms with Crippen molar-refractivity contribution in [2.75, 3.05) is 52.2 Å². The topological polar surface area (TPSA) is 143 Å². The number of carbonyl (C=O) groups is 1. The van der Waals surface area contributed by atoms with Crippen LogP contribution in [0.15, 0.2) is 29.2 Å². The second-order valence-electron chi connectivity index (χ2n) is 9.17. The number of benzene rings is 1. The fraction of sp³-hybridized carbons (Fsp3) is 0.696. The quantitative estimate of drug-likeness (QED) is 0.171. The van der Waals surface area contributed by atoms with Crippen LogP contribution < -0.4 is 5.73 Å². The molecule has 1 heterocycles. The lowest BCUT2D eigenvalue weighted by Crippen LogP contribution is -2.50. The average molecular weight is 513 g/mol. The van der Waals surface area contributed by atoms with Crippen LogP contribution in [-0.2, 0) is 30.6 Å². The lowest BCUT2D eigenvalue weighted by atomic mass is 9.88. The summed E-state index contributed by atoms with van der Waals surface area (Å²) in [5, 5.41) is 17.5. The van der Waals surface area contributed by atoms with E-state index in [-0.39, 0.29) is 13.2 Å². The predicted molar refractivity (Wildman–Crippen MR) is 134 cm³/mol. The molecule has 0 spiro atoms. The smallest absolute Gasteiger partial charge is 0.465 e. The molecule has 1 aromatic rings. The molecular weight excluding hydrogens is 473 g/mol. The Morgan fingerprint density at radius 1 is 1.06 bits per heavy atom. The van der Waals surface area contributed by atoms with Crippen molar-refractivity contribution in [3.63, 3.8) is 0 Å². The minimum Gasteiger partial charge on any atom is -0.465 e. The van der Waals surface area contributed by atoms with Gasteiger partial charge in [0.25, 0.3) is 0 Å². The van der Waals surface area contributed by atoms with Crippen LogP contribution in [0.5, 0.6) is 0 Å². The van der Waals surface area contributed by atoms with Crippen LogP contribution in [0.3, 0.4) is 0 Å². The van der Waals surface area contributed by atoms with E-state index < -0.39 is 28.7 Å². The Kier molecular flexibility index (Phi) is 12.1. The number of esters is 1. The third-order valence-corrected chi connectivity index (χ3v) is 7.41. The number of carbonyl (C=O) groups excluding carboxylic acids is 1. The normalized spacial score (nSPS) is 17.2. The summed E-state index contributed by atoms with van der Waals surface area (Å²) in [4.78, 5) is 17.6. The molecule has 1 atom stereocenters. The third-order valence-electron chi connectivity index (χ3n) is 6.29. The van der Waals surface area contributed by atoms with E-state index in [1.807, 2.05) is 12.1 Å². The molecule has 1 saturated heterocycles. The van der Waals surface area contributed by atoms with E-state index in [0.29, 0.717) is 30.6 Å². The highest BCUT2D eigenvalue weighted by Gasteiger charge is 2.34. The summed E-state index contributed by atoms with van der Waals surface area (Å²) >= 11 is 0. The van der Waals surface area contributed by atoms with Gasteiger partial charge in [0.2, 0.25) is 0 Å². The van der Waals surface area contributed by atoms with Crippen molar-refractivity contribution in [1.29, 1.82) is 0 Å². The summed E-state index contributed by atoms with van der Waals surface area (Å²) in [7, 11) is -4.97. The molecule has 0 aromatic heterocycles. The van der Waals surface area contributed by atoms with E-state index in [9.17, 15) is 13.2 Å².